The van der Waals surface area contributed by atoms with Crippen LogP contribution >= 0.6 is 11.8 Å². The molecule has 7 nitrogen and oxygen atoms in total. The molecule has 0 radical (unpaired) electrons. The standard InChI is InChI=1S/C21H27N3O4S/c1-13-11-18(20(25)28-13)29-21-23-22-19(24(21)15-7-5-4-6-8-15)14-9-10-16(26-2)17(12-14)27-3/h9-10,12-13,15,18H,4-8,11H2,1-3H3/t13-,18-/m0/s1. The molecule has 0 spiro atoms. The van der Waals surface area contributed by atoms with Gasteiger partial charge in [0, 0.05) is 18.0 Å². The van der Waals surface area contributed by atoms with E-state index in [9.17, 15) is 4.79 Å². The highest BCUT2D eigenvalue weighted by Crippen LogP contribution is 2.40. The first-order chi connectivity index (χ1) is 14.1. The van der Waals surface area contributed by atoms with Gasteiger partial charge in [0.05, 0.1) is 14.2 Å². The third kappa shape index (κ3) is 4.08. The Bertz CT molecular complexity index is 879. The van der Waals surface area contributed by atoms with Crippen molar-refractivity contribution in [3.05, 3.63) is 18.2 Å². The Hall–Kier alpha value is -2.22. The summed E-state index contributed by atoms with van der Waals surface area (Å²) in [6, 6.07) is 6.13. The highest BCUT2D eigenvalue weighted by molar-refractivity contribution is 8.00. The van der Waals surface area contributed by atoms with E-state index in [1.807, 2.05) is 25.1 Å². The van der Waals surface area contributed by atoms with Crippen LogP contribution in [0.1, 0.15) is 51.5 Å². The van der Waals surface area contributed by atoms with E-state index in [1.54, 1.807) is 14.2 Å². The molecular weight excluding hydrogens is 390 g/mol. The summed E-state index contributed by atoms with van der Waals surface area (Å²) in [6.07, 6.45) is 6.50. The molecular formula is C21H27N3O4S. The molecule has 2 heterocycles. The van der Waals surface area contributed by atoms with E-state index in [0.29, 0.717) is 24.0 Å². The molecule has 0 N–H and O–H groups in total. The Morgan fingerprint density at radius 3 is 2.52 bits per heavy atom. The van der Waals surface area contributed by atoms with Crippen molar-refractivity contribution in [1.82, 2.24) is 14.8 Å². The zero-order chi connectivity index (χ0) is 20.4. The minimum Gasteiger partial charge on any atom is -0.493 e. The summed E-state index contributed by atoms with van der Waals surface area (Å²) in [7, 11) is 3.25. The summed E-state index contributed by atoms with van der Waals surface area (Å²) < 4.78 is 18.4. The van der Waals surface area contributed by atoms with Crippen LogP contribution in [0, 0.1) is 0 Å². The minimum atomic E-state index is -0.227. The van der Waals surface area contributed by atoms with Crippen LogP contribution in [0.5, 0.6) is 11.5 Å². The van der Waals surface area contributed by atoms with Gasteiger partial charge in [0.1, 0.15) is 11.4 Å². The van der Waals surface area contributed by atoms with Gasteiger partial charge in [-0.05, 0) is 38.0 Å². The molecule has 1 aromatic heterocycles. The van der Waals surface area contributed by atoms with Gasteiger partial charge in [0.2, 0.25) is 0 Å². The number of hydrogen-bond donors (Lipinski definition) is 0. The van der Waals surface area contributed by atoms with Crippen LogP contribution in [-0.4, -0.2) is 46.3 Å². The van der Waals surface area contributed by atoms with Crippen LogP contribution in [0.2, 0.25) is 0 Å². The summed E-state index contributed by atoms with van der Waals surface area (Å²) >= 11 is 1.48. The normalized spacial score (nSPS) is 22.5. The van der Waals surface area contributed by atoms with Crippen molar-refractivity contribution >= 4 is 17.7 Å². The van der Waals surface area contributed by atoms with E-state index >= 15 is 0 Å². The first-order valence-corrected chi connectivity index (χ1v) is 11.0. The number of hydrogen-bond acceptors (Lipinski definition) is 7. The number of rotatable bonds is 6. The van der Waals surface area contributed by atoms with Crippen molar-refractivity contribution in [1.29, 1.82) is 0 Å². The average Bonchev–Trinajstić information content (AvgIpc) is 3.30. The van der Waals surface area contributed by atoms with Gasteiger partial charge in [-0.1, -0.05) is 31.0 Å². The molecule has 0 amide bonds. The topological polar surface area (TPSA) is 75.5 Å². The number of thioether (sulfide) groups is 1. The predicted molar refractivity (Wildman–Crippen MR) is 111 cm³/mol. The molecule has 156 valence electrons. The number of esters is 1. The molecule has 0 bridgehead atoms. The van der Waals surface area contributed by atoms with Crippen molar-refractivity contribution < 1.29 is 19.0 Å². The Morgan fingerprint density at radius 1 is 1.10 bits per heavy atom. The molecule has 8 heteroatoms. The van der Waals surface area contributed by atoms with Crippen LogP contribution < -0.4 is 9.47 Å². The molecule has 2 fully saturated rings. The third-order valence-electron chi connectivity index (χ3n) is 5.62. The third-order valence-corrected chi connectivity index (χ3v) is 6.78. The lowest BCUT2D eigenvalue weighted by atomic mass is 9.95. The second kappa shape index (κ2) is 8.65. The maximum Gasteiger partial charge on any atom is 0.319 e. The molecule has 1 aliphatic heterocycles. The van der Waals surface area contributed by atoms with Crippen molar-refractivity contribution in [2.45, 2.75) is 68.0 Å². The number of ether oxygens (including phenoxy) is 3. The summed E-state index contributed by atoms with van der Waals surface area (Å²) in [4.78, 5) is 12.2. The van der Waals surface area contributed by atoms with Crippen LogP contribution in [0.4, 0.5) is 0 Å². The summed E-state index contributed by atoms with van der Waals surface area (Å²) in [5.74, 6) is 1.98. The Kier molecular flexibility index (Phi) is 5.99. The van der Waals surface area contributed by atoms with Gasteiger partial charge in [0.25, 0.3) is 0 Å². The van der Waals surface area contributed by atoms with Gasteiger partial charge in [-0.15, -0.1) is 10.2 Å². The second-order valence-electron chi connectivity index (χ2n) is 7.63. The van der Waals surface area contributed by atoms with Crippen molar-refractivity contribution in [3.63, 3.8) is 0 Å². The molecule has 29 heavy (non-hydrogen) atoms. The Labute approximate surface area is 175 Å². The maximum atomic E-state index is 12.2. The highest BCUT2D eigenvalue weighted by Gasteiger charge is 2.35. The fourth-order valence-corrected chi connectivity index (χ4v) is 5.35. The van der Waals surface area contributed by atoms with Crippen LogP contribution in [0.3, 0.4) is 0 Å². The van der Waals surface area contributed by atoms with Gasteiger partial charge in [-0.25, -0.2) is 0 Å². The molecule has 0 unspecified atom stereocenters. The van der Waals surface area contributed by atoms with E-state index in [1.165, 1.54) is 31.0 Å². The fraction of sp³-hybridized carbons (Fsp3) is 0.571. The monoisotopic (exact) mass is 417 g/mol. The predicted octanol–water partition coefficient (Wildman–Crippen LogP) is 4.26. The summed E-state index contributed by atoms with van der Waals surface area (Å²) in [5.41, 5.74) is 0.926. The molecule has 1 aromatic carbocycles. The first-order valence-electron chi connectivity index (χ1n) is 10.1. The van der Waals surface area contributed by atoms with E-state index < -0.39 is 0 Å². The van der Waals surface area contributed by atoms with Gasteiger partial charge in [-0.3, -0.25) is 9.36 Å². The van der Waals surface area contributed by atoms with Crippen molar-refractivity contribution in [2.75, 3.05) is 14.2 Å². The Morgan fingerprint density at radius 2 is 1.86 bits per heavy atom. The van der Waals surface area contributed by atoms with Gasteiger partial charge in [0.15, 0.2) is 22.5 Å². The highest BCUT2D eigenvalue weighted by atomic mass is 32.2. The van der Waals surface area contributed by atoms with E-state index in [-0.39, 0.29) is 17.3 Å². The number of benzene rings is 1. The largest absolute Gasteiger partial charge is 0.493 e. The van der Waals surface area contributed by atoms with Gasteiger partial charge >= 0.3 is 5.97 Å². The SMILES string of the molecule is COc1ccc(-c2nnc(S[C@H]3C[C@H](C)OC3=O)n2C2CCCCC2)cc1OC. The molecule has 1 aliphatic carbocycles. The van der Waals surface area contributed by atoms with Gasteiger partial charge < -0.3 is 14.2 Å². The zero-order valence-corrected chi connectivity index (χ0v) is 17.9. The number of carbonyl (C=O) groups excluding carboxylic acids is 1. The number of aromatic nitrogens is 3. The summed E-state index contributed by atoms with van der Waals surface area (Å²) in [5, 5.41) is 9.57. The Balaban J connectivity index is 1.72. The van der Waals surface area contributed by atoms with Crippen LogP contribution in [0.25, 0.3) is 11.4 Å². The smallest absolute Gasteiger partial charge is 0.319 e. The summed E-state index contributed by atoms with van der Waals surface area (Å²) in [6.45, 7) is 1.93. The van der Waals surface area contributed by atoms with Crippen LogP contribution in [-0.2, 0) is 9.53 Å². The fourth-order valence-electron chi connectivity index (χ4n) is 4.14. The first kappa shape index (κ1) is 20.1. The second-order valence-corrected chi connectivity index (χ2v) is 8.80. The maximum absolute atomic E-state index is 12.2. The minimum absolute atomic E-state index is 0.0450. The molecule has 2 atom stereocenters. The number of cyclic esters (lactones) is 1. The van der Waals surface area contributed by atoms with E-state index in [2.05, 4.69) is 14.8 Å². The molecule has 1 saturated carbocycles. The average molecular weight is 418 g/mol. The number of nitrogens with zero attached hydrogens (tertiary/aromatic N) is 3. The van der Waals surface area contributed by atoms with Crippen molar-refractivity contribution in [3.8, 4) is 22.9 Å². The molecule has 2 aliphatic rings. The van der Waals surface area contributed by atoms with Crippen molar-refractivity contribution in [2.24, 2.45) is 0 Å². The molecule has 2 aromatic rings. The quantitative estimate of drug-likeness (QED) is 0.650. The zero-order valence-electron chi connectivity index (χ0n) is 17.1. The lowest BCUT2D eigenvalue weighted by Gasteiger charge is -2.26. The lowest BCUT2D eigenvalue weighted by molar-refractivity contribution is -0.140. The molecule has 4 rings (SSSR count). The van der Waals surface area contributed by atoms with E-state index in [4.69, 9.17) is 14.2 Å². The number of methoxy groups -OCH3 is 2. The molecule has 1 saturated heterocycles. The van der Waals surface area contributed by atoms with Gasteiger partial charge in [-0.2, -0.15) is 0 Å². The van der Waals surface area contributed by atoms with Crippen LogP contribution in [0.15, 0.2) is 23.4 Å². The van der Waals surface area contributed by atoms with E-state index in [0.717, 1.165) is 29.4 Å². The number of carbonyl (C=O) groups is 1. The lowest BCUT2D eigenvalue weighted by Crippen LogP contribution is -2.17.